The van der Waals surface area contributed by atoms with Crippen LogP contribution >= 0.6 is 11.6 Å². The molecule has 2 aromatic rings. The van der Waals surface area contributed by atoms with Crippen molar-refractivity contribution in [3.8, 4) is 0 Å². The third kappa shape index (κ3) is 3.72. The molecule has 19 heavy (non-hydrogen) atoms. The maximum absolute atomic E-state index is 13.0. The second-order valence-corrected chi connectivity index (χ2v) is 4.66. The molecule has 0 saturated carbocycles. The first-order valence-electron chi connectivity index (χ1n) is 5.85. The highest BCUT2D eigenvalue weighted by atomic mass is 35.5. The van der Waals surface area contributed by atoms with Gasteiger partial charge in [0, 0.05) is 12.6 Å². The molecule has 2 rings (SSSR count). The topological polar surface area (TPSA) is 24.9 Å². The maximum Gasteiger partial charge on any atom is 0.141 e. The molecule has 0 aliphatic heterocycles. The lowest BCUT2D eigenvalue weighted by Crippen LogP contribution is -2.19. The maximum atomic E-state index is 13.0. The molecule has 0 fully saturated rings. The first-order chi connectivity index (χ1) is 9.06. The molecule has 0 saturated heterocycles. The van der Waals surface area contributed by atoms with Crippen molar-refractivity contribution in [1.29, 1.82) is 0 Å². The Morgan fingerprint density at radius 1 is 1.26 bits per heavy atom. The monoisotopic (exact) mass is 282 g/mol. The van der Waals surface area contributed by atoms with Crippen LogP contribution in [0.2, 0.25) is 5.02 Å². The highest BCUT2D eigenvalue weighted by Crippen LogP contribution is 2.17. The van der Waals surface area contributed by atoms with Gasteiger partial charge < -0.3 is 5.32 Å². The predicted octanol–water partition coefficient (Wildman–Crippen LogP) is 3.86. The number of aromatic nitrogens is 1. The van der Waals surface area contributed by atoms with Crippen LogP contribution in [0.3, 0.4) is 0 Å². The summed E-state index contributed by atoms with van der Waals surface area (Å²) in [4.78, 5) is 4.00. The van der Waals surface area contributed by atoms with Gasteiger partial charge in [-0.05, 0) is 36.8 Å². The van der Waals surface area contributed by atoms with Gasteiger partial charge in [-0.25, -0.2) is 8.78 Å². The Balaban J connectivity index is 1.98. The third-order valence-electron chi connectivity index (χ3n) is 2.79. The van der Waals surface area contributed by atoms with Gasteiger partial charge in [0.1, 0.15) is 11.6 Å². The van der Waals surface area contributed by atoms with E-state index in [0.29, 0.717) is 6.54 Å². The van der Waals surface area contributed by atoms with E-state index in [4.69, 9.17) is 11.6 Å². The van der Waals surface area contributed by atoms with Gasteiger partial charge in [-0.3, -0.25) is 4.98 Å². The number of benzene rings is 1. The summed E-state index contributed by atoms with van der Waals surface area (Å²) in [5.41, 5.74) is 1.62. The van der Waals surface area contributed by atoms with E-state index in [1.165, 1.54) is 18.3 Å². The van der Waals surface area contributed by atoms with Crippen molar-refractivity contribution in [2.24, 2.45) is 0 Å². The highest BCUT2D eigenvalue weighted by Gasteiger charge is 2.07. The summed E-state index contributed by atoms with van der Waals surface area (Å²) >= 11 is 5.71. The van der Waals surface area contributed by atoms with E-state index in [0.717, 1.165) is 11.3 Å². The number of pyridine rings is 1. The summed E-state index contributed by atoms with van der Waals surface area (Å²) in [6.07, 6.45) is 1.18. The minimum Gasteiger partial charge on any atom is -0.305 e. The van der Waals surface area contributed by atoms with E-state index in [-0.39, 0.29) is 16.9 Å². The van der Waals surface area contributed by atoms with Crippen molar-refractivity contribution in [1.82, 2.24) is 10.3 Å². The summed E-state index contributed by atoms with van der Waals surface area (Å²) in [7, 11) is 0. The van der Waals surface area contributed by atoms with Crippen molar-refractivity contribution in [2.45, 2.75) is 19.5 Å². The highest BCUT2D eigenvalue weighted by molar-refractivity contribution is 6.30. The number of nitrogens with zero attached hydrogens (tertiary/aromatic N) is 1. The summed E-state index contributed by atoms with van der Waals surface area (Å²) < 4.78 is 25.8. The largest absolute Gasteiger partial charge is 0.305 e. The van der Waals surface area contributed by atoms with Crippen molar-refractivity contribution >= 4 is 11.6 Å². The van der Waals surface area contributed by atoms with Crippen LogP contribution in [0.1, 0.15) is 24.2 Å². The average Bonchev–Trinajstić information content (AvgIpc) is 2.40. The van der Waals surface area contributed by atoms with Crippen LogP contribution in [0.5, 0.6) is 0 Å². The molecule has 1 aromatic carbocycles. The number of hydrogen-bond acceptors (Lipinski definition) is 2. The molecule has 5 heteroatoms. The Hall–Kier alpha value is -1.52. The fourth-order valence-corrected chi connectivity index (χ4v) is 1.87. The molecule has 0 aliphatic rings. The molecule has 0 amide bonds. The molecule has 0 spiro atoms. The smallest absolute Gasteiger partial charge is 0.141 e. The fraction of sp³-hybridized carbons (Fsp3) is 0.214. The Bertz CT molecular complexity index is 558. The molecule has 0 bridgehead atoms. The van der Waals surface area contributed by atoms with Crippen molar-refractivity contribution in [3.05, 3.63) is 64.4 Å². The lowest BCUT2D eigenvalue weighted by molar-refractivity contribution is 0.553. The van der Waals surface area contributed by atoms with Crippen LogP contribution in [0, 0.1) is 11.6 Å². The van der Waals surface area contributed by atoms with Crippen LogP contribution in [-0.2, 0) is 6.54 Å². The molecule has 100 valence electrons. The summed E-state index contributed by atoms with van der Waals surface area (Å²) in [5.74, 6) is -0.792. The normalized spacial score (nSPS) is 12.4. The van der Waals surface area contributed by atoms with Crippen LogP contribution in [0.4, 0.5) is 8.78 Å². The summed E-state index contributed by atoms with van der Waals surface area (Å²) in [6.45, 7) is 2.45. The van der Waals surface area contributed by atoms with Gasteiger partial charge in [-0.1, -0.05) is 17.7 Å². The SMILES string of the molecule is CC(NCc1ccc(F)c(Cl)c1)c1ccc(F)cn1. The van der Waals surface area contributed by atoms with Crippen LogP contribution in [-0.4, -0.2) is 4.98 Å². The van der Waals surface area contributed by atoms with Gasteiger partial charge in [0.15, 0.2) is 0 Å². The molecule has 0 aliphatic carbocycles. The van der Waals surface area contributed by atoms with Crippen molar-refractivity contribution in [3.63, 3.8) is 0 Å². The van der Waals surface area contributed by atoms with Gasteiger partial charge in [-0.2, -0.15) is 0 Å². The quantitative estimate of drug-likeness (QED) is 0.921. The van der Waals surface area contributed by atoms with Crippen LogP contribution in [0.15, 0.2) is 36.5 Å². The number of halogens is 3. The van der Waals surface area contributed by atoms with E-state index in [1.54, 1.807) is 18.2 Å². The molecule has 1 N–H and O–H groups in total. The van der Waals surface area contributed by atoms with Crippen molar-refractivity contribution in [2.75, 3.05) is 0 Å². The first kappa shape index (κ1) is 13.9. The number of hydrogen-bond donors (Lipinski definition) is 1. The molecule has 1 unspecified atom stereocenters. The molecule has 0 radical (unpaired) electrons. The van der Waals surface area contributed by atoms with E-state index in [9.17, 15) is 8.78 Å². The minimum absolute atomic E-state index is 0.0376. The molecule has 1 atom stereocenters. The van der Waals surface area contributed by atoms with E-state index < -0.39 is 5.82 Å². The van der Waals surface area contributed by atoms with Gasteiger partial charge >= 0.3 is 0 Å². The van der Waals surface area contributed by atoms with Crippen LogP contribution < -0.4 is 5.32 Å². The lowest BCUT2D eigenvalue weighted by Gasteiger charge is -2.13. The lowest BCUT2D eigenvalue weighted by atomic mass is 10.1. The van der Waals surface area contributed by atoms with E-state index in [1.807, 2.05) is 6.92 Å². The van der Waals surface area contributed by atoms with Gasteiger partial charge in [0.05, 0.1) is 16.9 Å². The predicted molar refractivity (Wildman–Crippen MR) is 70.9 cm³/mol. The Labute approximate surface area is 115 Å². The Morgan fingerprint density at radius 3 is 2.68 bits per heavy atom. The average molecular weight is 283 g/mol. The zero-order chi connectivity index (χ0) is 13.8. The van der Waals surface area contributed by atoms with E-state index in [2.05, 4.69) is 10.3 Å². The molecule has 1 aromatic heterocycles. The van der Waals surface area contributed by atoms with Gasteiger partial charge in [0.2, 0.25) is 0 Å². The zero-order valence-corrected chi connectivity index (χ0v) is 11.1. The summed E-state index contributed by atoms with van der Waals surface area (Å²) in [5, 5.41) is 3.32. The second kappa shape index (κ2) is 6.08. The standard InChI is InChI=1S/C14H13ClF2N2/c1-9(14-5-3-11(16)8-19-14)18-7-10-2-4-13(17)12(15)6-10/h2-6,8-9,18H,7H2,1H3. The molecule has 1 heterocycles. The Kier molecular flexibility index (Phi) is 4.45. The van der Waals surface area contributed by atoms with Gasteiger partial charge in [0.25, 0.3) is 0 Å². The second-order valence-electron chi connectivity index (χ2n) is 4.25. The third-order valence-corrected chi connectivity index (χ3v) is 3.08. The molecule has 2 nitrogen and oxygen atoms in total. The number of nitrogens with one attached hydrogen (secondary N) is 1. The first-order valence-corrected chi connectivity index (χ1v) is 6.23. The van der Waals surface area contributed by atoms with Gasteiger partial charge in [-0.15, -0.1) is 0 Å². The number of rotatable bonds is 4. The fourth-order valence-electron chi connectivity index (χ4n) is 1.67. The summed E-state index contributed by atoms with van der Waals surface area (Å²) in [6, 6.07) is 7.54. The van der Waals surface area contributed by atoms with E-state index >= 15 is 0 Å². The van der Waals surface area contributed by atoms with Crippen molar-refractivity contribution < 1.29 is 8.78 Å². The zero-order valence-electron chi connectivity index (χ0n) is 10.3. The van der Waals surface area contributed by atoms with Crippen LogP contribution in [0.25, 0.3) is 0 Å². The minimum atomic E-state index is -0.432. The molecular formula is C14H13ClF2N2. The molecular weight excluding hydrogens is 270 g/mol. The Morgan fingerprint density at radius 2 is 2.05 bits per heavy atom.